The van der Waals surface area contributed by atoms with E-state index in [1.165, 1.54) is 154 Å². The van der Waals surface area contributed by atoms with Crippen LogP contribution in [0.4, 0.5) is 0 Å². The normalized spacial score (nSPS) is 21.2. The fraction of sp³-hybridized carbons (Fsp3) is 1.00. The van der Waals surface area contributed by atoms with Crippen molar-refractivity contribution in [1.29, 1.82) is 0 Å². The van der Waals surface area contributed by atoms with Crippen molar-refractivity contribution < 1.29 is 39.4 Å². The number of aliphatic hydroxyl groups excluding tert-OH is 4. The average Bonchev–Trinajstić information content (AvgIpc) is 3.11. The van der Waals surface area contributed by atoms with Crippen LogP contribution in [-0.2, 0) is 18.9 Å². The van der Waals surface area contributed by atoms with Gasteiger partial charge in [0.1, 0.15) is 30.5 Å². The zero-order chi connectivity index (χ0) is 35.6. The smallest absolute Gasteiger partial charge is 0.187 e. The molecule has 8 heteroatoms. The molecule has 1 aliphatic heterocycles. The van der Waals surface area contributed by atoms with E-state index in [4.69, 9.17) is 18.9 Å². The standard InChI is InChI=1S/C41H82O8/c1-3-5-7-9-11-13-15-17-19-21-23-25-27-29-31-46-34-36(48-41-40(45)39(44)38(43)37(33-42)49-41)35-47-32-30-28-26-24-22-20-18-16-14-12-10-8-6-4-2/h36-45H,3-35H2,1-2H3/t37-,38-,39+,40-,41-/m1/s1. The Labute approximate surface area is 302 Å². The molecule has 1 fully saturated rings. The highest BCUT2D eigenvalue weighted by molar-refractivity contribution is 4.89. The van der Waals surface area contributed by atoms with Crippen molar-refractivity contribution >= 4 is 0 Å². The molecular formula is C41H82O8. The van der Waals surface area contributed by atoms with E-state index in [1.807, 2.05) is 0 Å². The Morgan fingerprint density at radius 1 is 0.449 bits per heavy atom. The molecule has 1 heterocycles. The summed E-state index contributed by atoms with van der Waals surface area (Å²) in [6.07, 6.45) is 29.8. The molecule has 4 N–H and O–H groups in total. The van der Waals surface area contributed by atoms with Gasteiger partial charge >= 0.3 is 0 Å². The van der Waals surface area contributed by atoms with Gasteiger partial charge in [0.25, 0.3) is 0 Å². The van der Waals surface area contributed by atoms with Crippen molar-refractivity contribution in [1.82, 2.24) is 0 Å². The van der Waals surface area contributed by atoms with Crippen LogP contribution in [0.2, 0.25) is 0 Å². The zero-order valence-corrected chi connectivity index (χ0v) is 32.2. The van der Waals surface area contributed by atoms with Gasteiger partial charge in [0, 0.05) is 13.2 Å². The maximum absolute atomic E-state index is 10.5. The molecule has 0 aromatic heterocycles. The van der Waals surface area contributed by atoms with Crippen LogP contribution in [0.5, 0.6) is 0 Å². The second-order valence-electron chi connectivity index (χ2n) is 14.8. The number of ether oxygens (including phenoxy) is 4. The lowest BCUT2D eigenvalue weighted by molar-refractivity contribution is -0.316. The summed E-state index contributed by atoms with van der Waals surface area (Å²) in [6.45, 7) is 5.89. The number of hydrogen-bond donors (Lipinski definition) is 4. The number of rotatable bonds is 37. The molecule has 0 amide bonds. The van der Waals surface area contributed by atoms with Crippen molar-refractivity contribution in [3.63, 3.8) is 0 Å². The quantitative estimate of drug-likeness (QED) is 0.0474. The van der Waals surface area contributed by atoms with E-state index in [1.54, 1.807) is 0 Å². The van der Waals surface area contributed by atoms with Crippen LogP contribution >= 0.6 is 0 Å². The first kappa shape index (κ1) is 46.7. The first-order valence-corrected chi connectivity index (χ1v) is 21.2. The van der Waals surface area contributed by atoms with Crippen molar-refractivity contribution in [2.24, 2.45) is 0 Å². The molecule has 8 nitrogen and oxygen atoms in total. The van der Waals surface area contributed by atoms with Gasteiger partial charge in [-0.15, -0.1) is 0 Å². The third-order valence-electron chi connectivity index (χ3n) is 10.1. The summed E-state index contributed by atoms with van der Waals surface area (Å²) in [7, 11) is 0. The fourth-order valence-electron chi connectivity index (χ4n) is 6.72. The van der Waals surface area contributed by atoms with Crippen molar-refractivity contribution in [3.8, 4) is 0 Å². The van der Waals surface area contributed by atoms with Crippen molar-refractivity contribution in [2.75, 3.05) is 33.0 Å². The summed E-state index contributed by atoms with van der Waals surface area (Å²) >= 11 is 0. The summed E-state index contributed by atoms with van der Waals surface area (Å²) in [6, 6.07) is 0. The third-order valence-corrected chi connectivity index (χ3v) is 10.1. The van der Waals surface area contributed by atoms with E-state index in [0.29, 0.717) is 13.2 Å². The Bertz CT molecular complexity index is 629. The van der Waals surface area contributed by atoms with Crippen LogP contribution in [0.15, 0.2) is 0 Å². The van der Waals surface area contributed by atoms with Crippen LogP contribution in [0.25, 0.3) is 0 Å². The first-order chi connectivity index (χ1) is 24.0. The Morgan fingerprint density at radius 2 is 0.776 bits per heavy atom. The van der Waals surface area contributed by atoms with Gasteiger partial charge in [0.15, 0.2) is 6.29 Å². The zero-order valence-electron chi connectivity index (χ0n) is 32.2. The molecule has 0 bridgehead atoms. The Morgan fingerprint density at radius 3 is 1.10 bits per heavy atom. The Hall–Kier alpha value is -0.320. The van der Waals surface area contributed by atoms with E-state index in [2.05, 4.69) is 13.8 Å². The Balaban J connectivity index is 2.20. The second kappa shape index (κ2) is 34.7. The molecule has 294 valence electrons. The monoisotopic (exact) mass is 703 g/mol. The molecule has 0 unspecified atom stereocenters. The summed E-state index contributed by atoms with van der Waals surface area (Å²) in [4.78, 5) is 0. The predicted octanol–water partition coefficient (Wildman–Crippen LogP) is 9.17. The summed E-state index contributed by atoms with van der Waals surface area (Å²) in [5.74, 6) is 0. The minimum Gasteiger partial charge on any atom is -0.394 e. The van der Waals surface area contributed by atoms with Gasteiger partial charge < -0.3 is 39.4 Å². The lowest BCUT2D eigenvalue weighted by Gasteiger charge is -2.40. The molecule has 1 aliphatic rings. The summed E-state index contributed by atoms with van der Waals surface area (Å²) < 4.78 is 23.5. The van der Waals surface area contributed by atoms with E-state index >= 15 is 0 Å². The maximum atomic E-state index is 10.5. The minimum atomic E-state index is -1.47. The molecule has 0 aromatic rings. The first-order valence-electron chi connectivity index (χ1n) is 21.2. The van der Waals surface area contributed by atoms with Gasteiger partial charge in [0.05, 0.1) is 19.8 Å². The largest absolute Gasteiger partial charge is 0.394 e. The number of unbranched alkanes of at least 4 members (excludes halogenated alkanes) is 26. The molecule has 1 rings (SSSR count). The fourth-order valence-corrected chi connectivity index (χ4v) is 6.72. The molecule has 0 spiro atoms. The van der Waals surface area contributed by atoms with Gasteiger partial charge in [-0.2, -0.15) is 0 Å². The average molecular weight is 703 g/mol. The van der Waals surface area contributed by atoms with E-state index in [9.17, 15) is 20.4 Å². The van der Waals surface area contributed by atoms with E-state index in [-0.39, 0.29) is 13.2 Å². The summed E-state index contributed by atoms with van der Waals surface area (Å²) in [5, 5.41) is 40.4. The Kier molecular flexibility index (Phi) is 33.1. The SMILES string of the molecule is CCCCCCCCCCCCCCCCOCC(COCCCCCCCCCCCCCCCC)O[C@@H]1O[C@H](CO)[C@@H](O)[C@H](O)[C@H]1O. The highest BCUT2D eigenvalue weighted by Crippen LogP contribution is 2.23. The lowest BCUT2D eigenvalue weighted by Crippen LogP contribution is -2.60. The van der Waals surface area contributed by atoms with Crippen molar-refractivity contribution in [3.05, 3.63) is 0 Å². The predicted molar refractivity (Wildman–Crippen MR) is 201 cm³/mol. The summed E-state index contributed by atoms with van der Waals surface area (Å²) in [5.41, 5.74) is 0. The number of hydrogen-bond acceptors (Lipinski definition) is 8. The maximum Gasteiger partial charge on any atom is 0.187 e. The van der Waals surface area contributed by atoms with Crippen molar-refractivity contribution in [2.45, 2.75) is 230 Å². The number of aliphatic hydroxyl groups is 4. The van der Waals surface area contributed by atoms with E-state index in [0.717, 1.165) is 25.7 Å². The van der Waals surface area contributed by atoms with Gasteiger partial charge in [-0.1, -0.05) is 181 Å². The molecule has 49 heavy (non-hydrogen) atoms. The van der Waals surface area contributed by atoms with Crippen LogP contribution < -0.4 is 0 Å². The van der Waals surface area contributed by atoms with Crippen LogP contribution in [0, 0.1) is 0 Å². The minimum absolute atomic E-state index is 0.284. The highest BCUT2D eigenvalue weighted by Gasteiger charge is 2.44. The molecule has 0 saturated carbocycles. The van der Waals surface area contributed by atoms with E-state index < -0.39 is 43.4 Å². The molecule has 1 saturated heterocycles. The molecule has 0 aliphatic carbocycles. The topological polar surface area (TPSA) is 118 Å². The lowest BCUT2D eigenvalue weighted by atomic mass is 9.99. The highest BCUT2D eigenvalue weighted by atomic mass is 16.7. The van der Waals surface area contributed by atoms with Crippen LogP contribution in [0.1, 0.15) is 194 Å². The van der Waals surface area contributed by atoms with Gasteiger partial charge in [-0.05, 0) is 12.8 Å². The molecule has 5 atom stereocenters. The second-order valence-corrected chi connectivity index (χ2v) is 14.8. The molecule has 0 radical (unpaired) electrons. The van der Waals surface area contributed by atoms with Crippen LogP contribution in [-0.4, -0.2) is 90.3 Å². The van der Waals surface area contributed by atoms with Crippen LogP contribution in [0.3, 0.4) is 0 Å². The molecular weight excluding hydrogens is 620 g/mol. The molecule has 0 aromatic carbocycles. The van der Waals surface area contributed by atoms with Gasteiger partial charge in [-0.3, -0.25) is 0 Å². The van der Waals surface area contributed by atoms with Gasteiger partial charge in [-0.25, -0.2) is 0 Å². The third kappa shape index (κ3) is 26.2. The van der Waals surface area contributed by atoms with Gasteiger partial charge in [0.2, 0.25) is 0 Å².